The van der Waals surface area contributed by atoms with Gasteiger partial charge in [0.15, 0.2) is 0 Å². The maximum absolute atomic E-state index is 3.48. The van der Waals surface area contributed by atoms with Crippen molar-refractivity contribution in [3.63, 3.8) is 0 Å². The average molecular weight is 196 g/mol. The number of hydrogen-bond donors (Lipinski definition) is 2. The molecular weight excluding hydrogens is 180 g/mol. The van der Waals surface area contributed by atoms with Crippen molar-refractivity contribution in [2.75, 3.05) is 12.3 Å². The lowest BCUT2D eigenvalue weighted by Gasteiger charge is -2.08. The topological polar surface area (TPSA) is 27.8 Å². The summed E-state index contributed by atoms with van der Waals surface area (Å²) in [4.78, 5) is 3.19. The molecule has 1 fully saturated rings. The molecule has 1 aliphatic rings. The largest absolute Gasteiger partial charge is 0.364 e. The van der Waals surface area contributed by atoms with Gasteiger partial charge in [0.25, 0.3) is 0 Å². The van der Waals surface area contributed by atoms with Crippen molar-refractivity contribution in [2.45, 2.75) is 24.6 Å². The van der Waals surface area contributed by atoms with Crippen molar-refractivity contribution < 1.29 is 0 Å². The molecule has 13 heavy (non-hydrogen) atoms. The zero-order valence-electron chi connectivity index (χ0n) is 7.75. The minimum absolute atomic E-state index is 0.856. The fraction of sp³-hybridized carbons (Fsp3) is 0.600. The number of rotatable bonds is 4. The van der Waals surface area contributed by atoms with Crippen LogP contribution in [0.25, 0.3) is 0 Å². The van der Waals surface area contributed by atoms with Gasteiger partial charge in [0, 0.05) is 30.2 Å². The lowest BCUT2D eigenvalue weighted by Crippen LogP contribution is -2.22. The first-order valence-electron chi connectivity index (χ1n) is 4.90. The molecule has 1 unspecified atom stereocenters. The van der Waals surface area contributed by atoms with Crippen molar-refractivity contribution in [1.29, 1.82) is 0 Å². The second kappa shape index (κ2) is 4.72. The van der Waals surface area contributed by atoms with Gasteiger partial charge < -0.3 is 10.3 Å². The Hall–Kier alpha value is -0.410. The molecule has 2 nitrogen and oxygen atoms in total. The molecule has 0 bridgehead atoms. The maximum atomic E-state index is 3.48. The smallest absolute Gasteiger partial charge is 0.0357 e. The van der Waals surface area contributed by atoms with E-state index in [1.165, 1.54) is 24.3 Å². The van der Waals surface area contributed by atoms with Crippen LogP contribution in [0.2, 0.25) is 0 Å². The minimum Gasteiger partial charge on any atom is -0.364 e. The number of aromatic amines is 1. The molecule has 0 aliphatic carbocycles. The summed E-state index contributed by atoms with van der Waals surface area (Å²) in [5.41, 5.74) is 1.28. The molecule has 1 saturated heterocycles. The Balaban J connectivity index is 1.63. The summed E-state index contributed by atoms with van der Waals surface area (Å²) in [5.74, 6) is 1.36. The fourth-order valence-electron chi connectivity index (χ4n) is 1.65. The molecule has 3 heteroatoms. The van der Waals surface area contributed by atoms with Gasteiger partial charge in [0.05, 0.1) is 0 Å². The molecule has 2 heterocycles. The van der Waals surface area contributed by atoms with Gasteiger partial charge >= 0.3 is 0 Å². The van der Waals surface area contributed by atoms with Gasteiger partial charge in [-0.05, 0) is 30.7 Å². The summed E-state index contributed by atoms with van der Waals surface area (Å²) >= 11 is 2.11. The van der Waals surface area contributed by atoms with Crippen molar-refractivity contribution >= 4 is 11.8 Å². The molecule has 2 N–H and O–H groups in total. The Labute approximate surface area is 83.5 Å². The van der Waals surface area contributed by atoms with E-state index in [1.807, 2.05) is 12.3 Å². The molecule has 0 radical (unpaired) electrons. The number of aromatic nitrogens is 1. The molecule has 1 atom stereocenters. The fourth-order valence-corrected chi connectivity index (χ4v) is 2.89. The summed E-state index contributed by atoms with van der Waals surface area (Å²) in [7, 11) is 0. The predicted octanol–water partition coefficient (Wildman–Crippen LogP) is 2.00. The lowest BCUT2D eigenvalue weighted by molar-refractivity contribution is 0.639. The van der Waals surface area contributed by atoms with Crippen molar-refractivity contribution in [2.24, 2.45) is 0 Å². The van der Waals surface area contributed by atoms with E-state index in [0.717, 1.165) is 18.3 Å². The van der Waals surface area contributed by atoms with Crippen LogP contribution >= 0.6 is 11.8 Å². The zero-order valence-corrected chi connectivity index (χ0v) is 8.57. The van der Waals surface area contributed by atoms with Crippen molar-refractivity contribution in [3.8, 4) is 0 Å². The molecular formula is C10H16N2S. The van der Waals surface area contributed by atoms with Crippen LogP contribution in [-0.4, -0.2) is 22.5 Å². The molecule has 0 saturated carbocycles. The first-order valence-corrected chi connectivity index (χ1v) is 5.94. The van der Waals surface area contributed by atoms with E-state index in [2.05, 4.69) is 28.1 Å². The van der Waals surface area contributed by atoms with Crippen LogP contribution in [-0.2, 0) is 6.54 Å². The Morgan fingerprint density at radius 2 is 2.62 bits per heavy atom. The van der Waals surface area contributed by atoms with Crippen LogP contribution in [0.3, 0.4) is 0 Å². The molecule has 1 aliphatic heterocycles. The molecule has 2 rings (SSSR count). The van der Waals surface area contributed by atoms with Crippen LogP contribution < -0.4 is 5.32 Å². The van der Waals surface area contributed by atoms with Crippen LogP contribution in [0.1, 0.15) is 18.5 Å². The molecule has 0 spiro atoms. The summed E-state index contributed by atoms with van der Waals surface area (Å²) in [6.07, 6.45) is 4.77. The Morgan fingerprint density at radius 1 is 1.62 bits per heavy atom. The van der Waals surface area contributed by atoms with E-state index in [4.69, 9.17) is 0 Å². The van der Waals surface area contributed by atoms with Gasteiger partial charge in [0.2, 0.25) is 0 Å². The standard InChI is InChI=1S/C10H16N2S/c1-3-9(12-5-1)7-11-8-10-4-2-6-13-10/h1,3,5,10-12H,2,4,6-8H2. The Kier molecular flexibility index (Phi) is 3.33. The highest BCUT2D eigenvalue weighted by Crippen LogP contribution is 2.25. The van der Waals surface area contributed by atoms with Crippen LogP contribution in [0, 0.1) is 0 Å². The van der Waals surface area contributed by atoms with E-state index in [0.29, 0.717) is 0 Å². The normalized spacial score (nSPS) is 22.3. The zero-order chi connectivity index (χ0) is 8.93. The lowest BCUT2D eigenvalue weighted by atomic mass is 10.2. The van der Waals surface area contributed by atoms with Gasteiger partial charge in [-0.2, -0.15) is 11.8 Å². The Bertz CT molecular complexity index is 227. The molecule has 0 amide bonds. The second-order valence-corrected chi connectivity index (χ2v) is 4.87. The van der Waals surface area contributed by atoms with Crippen molar-refractivity contribution in [1.82, 2.24) is 10.3 Å². The second-order valence-electron chi connectivity index (χ2n) is 3.46. The van der Waals surface area contributed by atoms with Crippen molar-refractivity contribution in [3.05, 3.63) is 24.0 Å². The first-order chi connectivity index (χ1) is 6.45. The van der Waals surface area contributed by atoms with E-state index < -0.39 is 0 Å². The van der Waals surface area contributed by atoms with Gasteiger partial charge in [-0.3, -0.25) is 0 Å². The highest BCUT2D eigenvalue weighted by atomic mass is 32.2. The third kappa shape index (κ3) is 2.78. The highest BCUT2D eigenvalue weighted by molar-refractivity contribution is 8.00. The third-order valence-corrected chi connectivity index (χ3v) is 3.77. The van der Waals surface area contributed by atoms with E-state index in [9.17, 15) is 0 Å². The van der Waals surface area contributed by atoms with Crippen LogP contribution in [0.5, 0.6) is 0 Å². The third-order valence-electron chi connectivity index (χ3n) is 2.37. The molecule has 1 aromatic rings. The van der Waals surface area contributed by atoms with Gasteiger partial charge in [-0.25, -0.2) is 0 Å². The summed E-state index contributed by atoms with van der Waals surface area (Å²) in [6.45, 7) is 2.13. The number of thioether (sulfide) groups is 1. The average Bonchev–Trinajstić information content (AvgIpc) is 2.75. The van der Waals surface area contributed by atoms with Gasteiger partial charge in [-0.1, -0.05) is 0 Å². The number of hydrogen-bond acceptors (Lipinski definition) is 2. The number of nitrogens with one attached hydrogen (secondary N) is 2. The minimum atomic E-state index is 0.856. The molecule has 0 aromatic carbocycles. The van der Waals surface area contributed by atoms with Crippen LogP contribution in [0.4, 0.5) is 0 Å². The van der Waals surface area contributed by atoms with E-state index in [-0.39, 0.29) is 0 Å². The Morgan fingerprint density at radius 3 is 3.31 bits per heavy atom. The predicted molar refractivity (Wildman–Crippen MR) is 58.0 cm³/mol. The summed E-state index contributed by atoms with van der Waals surface area (Å²) < 4.78 is 0. The summed E-state index contributed by atoms with van der Waals surface area (Å²) in [6, 6.07) is 4.16. The SMILES string of the molecule is c1c[nH]c(CNCC2CCCS2)c1. The van der Waals surface area contributed by atoms with Crippen LogP contribution in [0.15, 0.2) is 18.3 Å². The molecule has 72 valence electrons. The monoisotopic (exact) mass is 196 g/mol. The number of H-pyrrole nitrogens is 1. The van der Waals surface area contributed by atoms with Gasteiger partial charge in [0.1, 0.15) is 0 Å². The quantitative estimate of drug-likeness (QED) is 0.771. The molecule has 1 aromatic heterocycles. The van der Waals surface area contributed by atoms with E-state index >= 15 is 0 Å². The maximum Gasteiger partial charge on any atom is 0.0357 e. The summed E-state index contributed by atoms with van der Waals surface area (Å²) in [5, 5.41) is 4.33. The first kappa shape index (κ1) is 9.16. The van der Waals surface area contributed by atoms with E-state index in [1.54, 1.807) is 0 Å². The highest BCUT2D eigenvalue weighted by Gasteiger charge is 2.14. The van der Waals surface area contributed by atoms with Gasteiger partial charge in [-0.15, -0.1) is 0 Å².